The highest BCUT2D eigenvalue weighted by molar-refractivity contribution is 5.72. The van der Waals surface area contributed by atoms with Crippen molar-refractivity contribution in [1.29, 1.82) is 0 Å². The second-order valence-electron chi connectivity index (χ2n) is 7.63. The van der Waals surface area contributed by atoms with Gasteiger partial charge in [-0.1, -0.05) is 50.6 Å². The van der Waals surface area contributed by atoms with E-state index in [0.717, 1.165) is 18.4 Å². The molecular formula is C20H27N3O2. The van der Waals surface area contributed by atoms with Gasteiger partial charge in [0, 0.05) is 5.56 Å². The second-order valence-corrected chi connectivity index (χ2v) is 7.63. The standard InChI is InChI=1S/C20H27N3O2/c1-12-5-7-16(8-6-12)20-21-17(22-23-20)11-18(24)25-19-14(3)9-13(2)10-15(19)4/h5-8,13-15,19H,9-11H2,1-4H3,(H,21,22,23). The fraction of sp³-hybridized carbons (Fsp3) is 0.550. The molecule has 1 aliphatic carbocycles. The van der Waals surface area contributed by atoms with E-state index in [1.165, 1.54) is 5.56 Å². The predicted molar refractivity (Wildman–Crippen MR) is 96.9 cm³/mol. The van der Waals surface area contributed by atoms with Crippen LogP contribution in [-0.4, -0.2) is 27.3 Å². The van der Waals surface area contributed by atoms with Gasteiger partial charge in [-0.25, -0.2) is 4.98 Å². The first-order valence-corrected chi connectivity index (χ1v) is 9.10. The summed E-state index contributed by atoms with van der Waals surface area (Å²) in [4.78, 5) is 16.8. The van der Waals surface area contributed by atoms with E-state index in [1.54, 1.807) is 0 Å². The lowest BCUT2D eigenvalue weighted by Gasteiger charge is -2.37. The van der Waals surface area contributed by atoms with Gasteiger partial charge in [0.15, 0.2) is 5.82 Å². The maximum absolute atomic E-state index is 12.3. The number of hydrogen-bond acceptors (Lipinski definition) is 4. The Hall–Kier alpha value is -2.17. The zero-order valence-corrected chi connectivity index (χ0v) is 15.5. The Morgan fingerprint density at radius 2 is 1.80 bits per heavy atom. The number of H-pyrrole nitrogens is 1. The molecule has 0 radical (unpaired) electrons. The highest BCUT2D eigenvalue weighted by atomic mass is 16.5. The summed E-state index contributed by atoms with van der Waals surface area (Å²) >= 11 is 0. The Morgan fingerprint density at radius 3 is 2.44 bits per heavy atom. The van der Waals surface area contributed by atoms with Crippen molar-refractivity contribution >= 4 is 5.97 Å². The van der Waals surface area contributed by atoms with Crippen LogP contribution in [0.5, 0.6) is 0 Å². The van der Waals surface area contributed by atoms with Crippen molar-refractivity contribution in [3.63, 3.8) is 0 Å². The first kappa shape index (κ1) is 17.6. The molecule has 1 aliphatic rings. The monoisotopic (exact) mass is 341 g/mol. The summed E-state index contributed by atoms with van der Waals surface area (Å²) in [5.74, 6) is 2.43. The van der Waals surface area contributed by atoms with Crippen LogP contribution in [0, 0.1) is 24.7 Å². The van der Waals surface area contributed by atoms with Gasteiger partial charge in [-0.3, -0.25) is 9.89 Å². The number of aromatic nitrogens is 3. The molecule has 25 heavy (non-hydrogen) atoms. The molecule has 5 nitrogen and oxygen atoms in total. The van der Waals surface area contributed by atoms with Crippen molar-refractivity contribution in [2.24, 2.45) is 17.8 Å². The van der Waals surface area contributed by atoms with Crippen LogP contribution in [0.15, 0.2) is 24.3 Å². The number of ether oxygens (including phenoxy) is 1. The van der Waals surface area contributed by atoms with Gasteiger partial charge in [-0.15, -0.1) is 0 Å². The topological polar surface area (TPSA) is 67.9 Å². The molecule has 3 rings (SSSR count). The summed E-state index contributed by atoms with van der Waals surface area (Å²) < 4.78 is 5.77. The Balaban J connectivity index is 1.61. The zero-order chi connectivity index (χ0) is 18.0. The molecule has 1 aromatic carbocycles. The fourth-order valence-corrected chi connectivity index (χ4v) is 3.96. The first-order chi connectivity index (χ1) is 11.9. The lowest BCUT2D eigenvalue weighted by molar-refractivity contribution is -0.157. The number of rotatable bonds is 4. The number of nitrogens with one attached hydrogen (secondary N) is 1. The van der Waals surface area contributed by atoms with Crippen molar-refractivity contribution < 1.29 is 9.53 Å². The number of aryl methyl sites for hydroxylation is 1. The normalized spacial score (nSPS) is 26.4. The van der Waals surface area contributed by atoms with Crippen molar-refractivity contribution in [2.45, 2.75) is 53.1 Å². The number of hydrogen-bond donors (Lipinski definition) is 1. The summed E-state index contributed by atoms with van der Waals surface area (Å²) in [7, 11) is 0. The van der Waals surface area contributed by atoms with E-state index >= 15 is 0 Å². The predicted octanol–water partition coefficient (Wildman–Crippen LogP) is 3.94. The van der Waals surface area contributed by atoms with Gasteiger partial charge < -0.3 is 4.74 Å². The number of carbonyl (C=O) groups is 1. The molecule has 0 amide bonds. The van der Waals surface area contributed by atoms with Gasteiger partial charge in [-0.2, -0.15) is 5.10 Å². The molecule has 1 fully saturated rings. The van der Waals surface area contributed by atoms with Gasteiger partial charge in [-0.05, 0) is 37.5 Å². The molecule has 2 aromatic rings. The van der Waals surface area contributed by atoms with Crippen LogP contribution in [0.3, 0.4) is 0 Å². The number of benzene rings is 1. The molecule has 1 N–H and O–H groups in total. The van der Waals surface area contributed by atoms with Crippen molar-refractivity contribution in [2.75, 3.05) is 0 Å². The summed E-state index contributed by atoms with van der Waals surface area (Å²) in [6.45, 7) is 8.66. The smallest absolute Gasteiger partial charge is 0.313 e. The Bertz CT molecular complexity index is 711. The van der Waals surface area contributed by atoms with E-state index in [4.69, 9.17) is 4.74 Å². The van der Waals surface area contributed by atoms with Crippen LogP contribution < -0.4 is 0 Å². The van der Waals surface area contributed by atoms with Crippen LogP contribution in [0.4, 0.5) is 0 Å². The molecular weight excluding hydrogens is 314 g/mol. The van der Waals surface area contributed by atoms with E-state index in [1.807, 2.05) is 31.2 Å². The number of carbonyl (C=O) groups excluding carboxylic acids is 1. The van der Waals surface area contributed by atoms with Gasteiger partial charge in [0.05, 0.1) is 0 Å². The van der Waals surface area contributed by atoms with E-state index in [-0.39, 0.29) is 18.5 Å². The molecule has 0 bridgehead atoms. The van der Waals surface area contributed by atoms with Gasteiger partial charge in [0.2, 0.25) is 0 Å². The quantitative estimate of drug-likeness (QED) is 0.855. The SMILES string of the molecule is Cc1ccc(-c2n[nH]c(CC(=O)OC3C(C)CC(C)CC3C)n2)cc1. The molecule has 1 aromatic heterocycles. The lowest BCUT2D eigenvalue weighted by atomic mass is 9.75. The minimum atomic E-state index is -0.232. The summed E-state index contributed by atoms with van der Waals surface area (Å²) in [6.07, 6.45) is 2.36. The summed E-state index contributed by atoms with van der Waals surface area (Å²) in [6, 6.07) is 8.00. The average molecular weight is 341 g/mol. The summed E-state index contributed by atoms with van der Waals surface area (Å²) in [5, 5.41) is 7.07. The van der Waals surface area contributed by atoms with Crippen LogP contribution in [-0.2, 0) is 16.0 Å². The maximum atomic E-state index is 12.3. The zero-order valence-electron chi connectivity index (χ0n) is 15.5. The van der Waals surface area contributed by atoms with Gasteiger partial charge in [0.25, 0.3) is 0 Å². The largest absolute Gasteiger partial charge is 0.461 e. The highest BCUT2D eigenvalue weighted by Gasteiger charge is 2.34. The van der Waals surface area contributed by atoms with Crippen LogP contribution in [0.25, 0.3) is 11.4 Å². The lowest BCUT2D eigenvalue weighted by Crippen LogP contribution is -2.37. The first-order valence-electron chi connectivity index (χ1n) is 9.10. The van der Waals surface area contributed by atoms with E-state index in [2.05, 4.69) is 36.0 Å². The molecule has 2 atom stereocenters. The number of esters is 1. The maximum Gasteiger partial charge on any atom is 0.313 e. The number of aromatic amines is 1. The fourth-order valence-electron chi connectivity index (χ4n) is 3.96. The van der Waals surface area contributed by atoms with Crippen LogP contribution in [0.2, 0.25) is 0 Å². The molecule has 5 heteroatoms. The van der Waals surface area contributed by atoms with E-state index < -0.39 is 0 Å². The second kappa shape index (κ2) is 7.38. The molecule has 2 unspecified atom stereocenters. The van der Waals surface area contributed by atoms with Crippen LogP contribution in [0.1, 0.15) is 45.0 Å². The Kier molecular flexibility index (Phi) is 5.21. The Labute approximate surface area is 149 Å². The van der Waals surface area contributed by atoms with E-state index in [9.17, 15) is 4.79 Å². The van der Waals surface area contributed by atoms with Gasteiger partial charge >= 0.3 is 5.97 Å². The minimum absolute atomic E-state index is 0.00295. The highest BCUT2D eigenvalue weighted by Crippen LogP contribution is 2.35. The van der Waals surface area contributed by atoms with Crippen molar-refractivity contribution in [3.8, 4) is 11.4 Å². The van der Waals surface area contributed by atoms with Crippen molar-refractivity contribution in [1.82, 2.24) is 15.2 Å². The molecule has 1 heterocycles. The average Bonchev–Trinajstić information content (AvgIpc) is 3.00. The third-order valence-electron chi connectivity index (χ3n) is 5.09. The van der Waals surface area contributed by atoms with Crippen molar-refractivity contribution in [3.05, 3.63) is 35.7 Å². The van der Waals surface area contributed by atoms with Gasteiger partial charge in [0.1, 0.15) is 18.3 Å². The molecule has 0 spiro atoms. The van der Waals surface area contributed by atoms with Crippen LogP contribution >= 0.6 is 0 Å². The minimum Gasteiger partial charge on any atom is -0.461 e. The third-order valence-corrected chi connectivity index (χ3v) is 5.09. The molecule has 0 saturated heterocycles. The van der Waals surface area contributed by atoms with E-state index in [0.29, 0.717) is 29.4 Å². The number of nitrogens with zero attached hydrogens (tertiary/aromatic N) is 2. The summed E-state index contributed by atoms with van der Waals surface area (Å²) in [5.41, 5.74) is 2.12. The Morgan fingerprint density at radius 1 is 1.16 bits per heavy atom. The third kappa shape index (κ3) is 4.27. The molecule has 1 saturated carbocycles. The molecule has 0 aliphatic heterocycles. The molecule has 134 valence electrons.